The second kappa shape index (κ2) is 10.2. The van der Waals surface area contributed by atoms with Gasteiger partial charge in [-0.15, -0.1) is 24.0 Å². The third kappa shape index (κ3) is 5.93. The fraction of sp³-hybridized carbons (Fsp3) is 0.588. The van der Waals surface area contributed by atoms with Crippen molar-refractivity contribution in [3.05, 3.63) is 30.1 Å². The number of rotatable bonds is 5. The van der Waals surface area contributed by atoms with Gasteiger partial charge in [0.25, 0.3) is 0 Å². The Morgan fingerprint density at radius 2 is 2.04 bits per heavy atom. The average molecular weight is 511 g/mol. The lowest BCUT2D eigenvalue weighted by molar-refractivity contribution is -0.141. The Morgan fingerprint density at radius 1 is 1.29 bits per heavy atom. The Labute approximate surface area is 179 Å². The normalized spacial score (nSPS) is 20.4. The summed E-state index contributed by atoms with van der Waals surface area (Å²) in [5.74, 6) is 0.765. The minimum Gasteiger partial charge on any atom is -0.354 e. The van der Waals surface area contributed by atoms with Gasteiger partial charge in [-0.2, -0.15) is 13.2 Å². The van der Waals surface area contributed by atoms with Gasteiger partial charge in [-0.1, -0.05) is 12.2 Å². The van der Waals surface area contributed by atoms with Crippen molar-refractivity contribution in [1.82, 2.24) is 25.1 Å². The number of nitrogens with zero attached hydrogens (tertiary/aromatic N) is 5. The zero-order valence-corrected chi connectivity index (χ0v) is 17.9. The molecule has 1 unspecified atom stereocenters. The molecule has 1 saturated heterocycles. The maximum atomic E-state index is 12.7. The molecule has 1 aromatic heterocycles. The van der Waals surface area contributed by atoms with Gasteiger partial charge in [0.05, 0.1) is 0 Å². The van der Waals surface area contributed by atoms with E-state index in [1.54, 1.807) is 7.05 Å². The van der Waals surface area contributed by atoms with Gasteiger partial charge in [0.2, 0.25) is 5.95 Å². The van der Waals surface area contributed by atoms with Crippen LogP contribution in [0, 0.1) is 0 Å². The summed E-state index contributed by atoms with van der Waals surface area (Å²) >= 11 is 0. The molecule has 1 atom stereocenters. The molecule has 0 saturated carbocycles. The third-order valence-corrected chi connectivity index (χ3v) is 4.67. The molecule has 0 amide bonds. The molecule has 1 fully saturated rings. The highest BCUT2D eigenvalue weighted by Crippen LogP contribution is 2.27. The zero-order chi connectivity index (χ0) is 19.3. The van der Waals surface area contributed by atoms with E-state index < -0.39 is 11.9 Å². The monoisotopic (exact) mass is 511 g/mol. The number of guanidine groups is 1. The van der Waals surface area contributed by atoms with Crippen molar-refractivity contribution < 1.29 is 13.2 Å². The molecule has 0 aromatic carbocycles. The second-order valence-electron chi connectivity index (χ2n) is 6.48. The standard InChI is InChI=1S/C17H24F3N7.HI/c1-21-16(27-11-5-13(12-27)26-9-2-3-10-26)24-8-7-23-15-22-6-4-14(25-15)17(18,19)20;/h2-4,6,13H,5,7-12H2,1H3,(H,21,24)(H,22,23,25);1H. The Bertz CT molecular complexity index is 688. The number of anilines is 1. The molecule has 2 aliphatic heterocycles. The first-order valence-electron chi connectivity index (χ1n) is 8.96. The van der Waals surface area contributed by atoms with E-state index >= 15 is 0 Å². The fourth-order valence-electron chi connectivity index (χ4n) is 3.31. The fourth-order valence-corrected chi connectivity index (χ4v) is 3.31. The van der Waals surface area contributed by atoms with Gasteiger partial charge in [0, 0.05) is 58.6 Å². The van der Waals surface area contributed by atoms with Gasteiger partial charge in [-0.25, -0.2) is 9.97 Å². The lowest BCUT2D eigenvalue weighted by Gasteiger charge is -2.25. The molecule has 0 radical (unpaired) electrons. The molecule has 11 heteroatoms. The van der Waals surface area contributed by atoms with Crippen LogP contribution in [0.3, 0.4) is 0 Å². The van der Waals surface area contributed by atoms with Gasteiger partial charge >= 0.3 is 6.18 Å². The van der Waals surface area contributed by atoms with E-state index in [9.17, 15) is 13.2 Å². The van der Waals surface area contributed by atoms with Crippen molar-refractivity contribution in [2.45, 2.75) is 18.6 Å². The highest BCUT2D eigenvalue weighted by molar-refractivity contribution is 14.0. The number of alkyl halides is 3. The Kier molecular flexibility index (Phi) is 8.28. The van der Waals surface area contributed by atoms with E-state index in [1.165, 1.54) is 0 Å². The van der Waals surface area contributed by atoms with Crippen LogP contribution in [-0.4, -0.2) is 78.1 Å². The maximum absolute atomic E-state index is 12.7. The first-order chi connectivity index (χ1) is 13.0. The molecule has 3 rings (SSSR count). The van der Waals surface area contributed by atoms with E-state index in [1.807, 2.05) is 0 Å². The van der Waals surface area contributed by atoms with Crippen LogP contribution in [0.1, 0.15) is 12.1 Å². The summed E-state index contributed by atoms with van der Waals surface area (Å²) in [6.07, 6.45) is 2.10. The third-order valence-electron chi connectivity index (χ3n) is 4.67. The first-order valence-corrected chi connectivity index (χ1v) is 8.96. The summed E-state index contributed by atoms with van der Waals surface area (Å²) in [4.78, 5) is 16.3. The number of nitrogens with one attached hydrogen (secondary N) is 2. The predicted octanol–water partition coefficient (Wildman–Crippen LogP) is 2.05. The van der Waals surface area contributed by atoms with Gasteiger partial charge in [0.15, 0.2) is 5.96 Å². The van der Waals surface area contributed by atoms with Gasteiger partial charge in [-0.3, -0.25) is 9.89 Å². The van der Waals surface area contributed by atoms with Crippen LogP contribution < -0.4 is 10.6 Å². The molecule has 7 nitrogen and oxygen atoms in total. The molecule has 1 aromatic rings. The lowest BCUT2D eigenvalue weighted by atomic mass is 10.2. The molecular formula is C17H25F3IN7. The van der Waals surface area contributed by atoms with Crippen LogP contribution in [0.15, 0.2) is 29.4 Å². The van der Waals surface area contributed by atoms with Crippen LogP contribution >= 0.6 is 24.0 Å². The smallest absolute Gasteiger partial charge is 0.354 e. The van der Waals surface area contributed by atoms with Crippen molar-refractivity contribution in [1.29, 1.82) is 0 Å². The molecule has 156 valence electrons. The van der Waals surface area contributed by atoms with Crippen molar-refractivity contribution >= 4 is 35.9 Å². The van der Waals surface area contributed by atoms with E-state index in [0.29, 0.717) is 19.1 Å². The topological polar surface area (TPSA) is 68.7 Å². The number of hydrogen-bond acceptors (Lipinski definition) is 5. The highest BCUT2D eigenvalue weighted by Gasteiger charge is 2.33. The minimum atomic E-state index is -4.48. The summed E-state index contributed by atoms with van der Waals surface area (Å²) in [5, 5.41) is 6.05. The Morgan fingerprint density at radius 3 is 2.71 bits per heavy atom. The Hall–Kier alpha value is -1.63. The molecule has 2 aliphatic rings. The summed E-state index contributed by atoms with van der Waals surface area (Å²) in [6, 6.07) is 1.38. The quantitative estimate of drug-likeness (QED) is 0.208. The lowest BCUT2D eigenvalue weighted by Crippen LogP contribution is -2.44. The van der Waals surface area contributed by atoms with Crippen molar-refractivity contribution in [2.24, 2.45) is 4.99 Å². The number of likely N-dealkylation sites (tertiary alicyclic amines) is 1. The SMILES string of the molecule is CN=C(NCCNc1nccc(C(F)(F)F)n1)N1CCC(N2CC=CC2)C1.I. The van der Waals surface area contributed by atoms with Crippen molar-refractivity contribution in [3.63, 3.8) is 0 Å². The molecule has 2 N–H and O–H groups in total. The number of aromatic nitrogens is 2. The first kappa shape index (κ1) is 22.7. The average Bonchev–Trinajstić information content (AvgIpc) is 3.33. The van der Waals surface area contributed by atoms with Crippen molar-refractivity contribution in [2.75, 3.05) is 51.6 Å². The van der Waals surface area contributed by atoms with E-state index in [4.69, 9.17) is 0 Å². The molecule has 0 spiro atoms. The molecule has 28 heavy (non-hydrogen) atoms. The van der Waals surface area contributed by atoms with Crippen LogP contribution in [0.25, 0.3) is 0 Å². The molecule has 0 aliphatic carbocycles. The predicted molar refractivity (Wildman–Crippen MR) is 113 cm³/mol. The van der Waals surface area contributed by atoms with Crippen LogP contribution in [0.5, 0.6) is 0 Å². The molecule has 3 heterocycles. The molecular weight excluding hydrogens is 486 g/mol. The summed E-state index contributed by atoms with van der Waals surface area (Å²) < 4.78 is 38.0. The maximum Gasteiger partial charge on any atom is 0.433 e. The van der Waals surface area contributed by atoms with E-state index in [0.717, 1.165) is 50.8 Å². The number of aliphatic imine (C=N–C) groups is 1. The van der Waals surface area contributed by atoms with Gasteiger partial charge in [0.1, 0.15) is 5.69 Å². The van der Waals surface area contributed by atoms with E-state index in [-0.39, 0.29) is 29.9 Å². The van der Waals surface area contributed by atoms with Crippen molar-refractivity contribution in [3.8, 4) is 0 Å². The zero-order valence-electron chi connectivity index (χ0n) is 15.6. The van der Waals surface area contributed by atoms with Gasteiger partial charge in [-0.05, 0) is 12.5 Å². The second-order valence-corrected chi connectivity index (χ2v) is 6.48. The van der Waals surface area contributed by atoms with Crippen LogP contribution in [0.2, 0.25) is 0 Å². The number of halogens is 4. The minimum absolute atomic E-state index is 0. The Balaban J connectivity index is 0.00000280. The summed E-state index contributed by atoms with van der Waals surface area (Å²) in [6.45, 7) is 4.75. The number of hydrogen-bond donors (Lipinski definition) is 2. The van der Waals surface area contributed by atoms with Crippen LogP contribution in [-0.2, 0) is 6.18 Å². The highest BCUT2D eigenvalue weighted by atomic mass is 127. The van der Waals surface area contributed by atoms with E-state index in [2.05, 4.69) is 47.5 Å². The largest absolute Gasteiger partial charge is 0.433 e. The van der Waals surface area contributed by atoms with Gasteiger partial charge < -0.3 is 15.5 Å². The summed E-state index contributed by atoms with van der Waals surface area (Å²) in [7, 11) is 1.73. The summed E-state index contributed by atoms with van der Waals surface area (Å²) in [5.41, 5.74) is -0.955. The van der Waals surface area contributed by atoms with Crippen LogP contribution in [0.4, 0.5) is 19.1 Å². The molecule has 0 bridgehead atoms.